The molecule has 0 saturated heterocycles. The molecule has 1 rings (SSSR count). The van der Waals surface area contributed by atoms with Crippen molar-refractivity contribution < 1.29 is 15.0 Å². The molecular formula is C12H12BrNO3. The maximum Gasteiger partial charge on any atom is 0.337 e. The average Bonchev–Trinajstić information content (AvgIpc) is 2.35. The van der Waals surface area contributed by atoms with Crippen LogP contribution >= 0.6 is 15.9 Å². The second-order valence-electron chi connectivity index (χ2n) is 3.56. The summed E-state index contributed by atoms with van der Waals surface area (Å²) in [6.07, 6.45) is -0.459. The standard InChI is InChI=1S/C12H12BrNO3/c13-7-10-6-9(11(15)12(16)17)4-3-8(10)2-1-5-14/h3-4,6,11,15H,1-2,7H2,(H,16,17). The molecule has 0 spiro atoms. The molecule has 0 radical (unpaired) electrons. The third kappa shape index (κ3) is 3.55. The van der Waals surface area contributed by atoms with Gasteiger partial charge in [-0.05, 0) is 23.1 Å². The Bertz CT molecular complexity index is 454. The number of aliphatic carboxylic acids is 1. The van der Waals surface area contributed by atoms with E-state index in [2.05, 4.69) is 22.0 Å². The summed E-state index contributed by atoms with van der Waals surface area (Å²) in [5, 5.41) is 27.2. The molecule has 0 aromatic heterocycles. The maximum atomic E-state index is 10.7. The first-order valence-corrected chi connectivity index (χ1v) is 6.17. The smallest absolute Gasteiger partial charge is 0.337 e. The van der Waals surface area contributed by atoms with Crippen LogP contribution in [-0.4, -0.2) is 16.2 Å². The molecule has 0 fully saturated rings. The van der Waals surface area contributed by atoms with Gasteiger partial charge in [0, 0.05) is 11.8 Å². The first-order chi connectivity index (χ1) is 8.10. The lowest BCUT2D eigenvalue weighted by molar-refractivity contribution is -0.146. The Kier molecular flexibility index (Phi) is 5.13. The number of benzene rings is 1. The maximum absolute atomic E-state index is 10.7. The lowest BCUT2D eigenvalue weighted by atomic mass is 9.99. The van der Waals surface area contributed by atoms with Crippen molar-refractivity contribution in [1.82, 2.24) is 0 Å². The van der Waals surface area contributed by atoms with Crippen LogP contribution in [0.3, 0.4) is 0 Å². The number of halogens is 1. The Morgan fingerprint density at radius 1 is 1.47 bits per heavy atom. The van der Waals surface area contributed by atoms with Crippen molar-refractivity contribution >= 4 is 21.9 Å². The Hall–Kier alpha value is -1.38. The minimum Gasteiger partial charge on any atom is -0.479 e. The molecule has 1 atom stereocenters. The molecule has 2 N–H and O–H groups in total. The molecule has 5 heteroatoms. The molecule has 0 amide bonds. The van der Waals surface area contributed by atoms with Gasteiger partial charge in [-0.2, -0.15) is 5.26 Å². The Labute approximate surface area is 108 Å². The molecule has 1 aromatic rings. The van der Waals surface area contributed by atoms with Gasteiger partial charge >= 0.3 is 5.97 Å². The van der Waals surface area contributed by atoms with Gasteiger partial charge in [-0.3, -0.25) is 0 Å². The third-order valence-electron chi connectivity index (χ3n) is 2.43. The number of hydrogen-bond acceptors (Lipinski definition) is 3. The van der Waals surface area contributed by atoms with Crippen molar-refractivity contribution in [3.05, 3.63) is 34.9 Å². The number of aliphatic hydroxyl groups is 1. The molecule has 17 heavy (non-hydrogen) atoms. The van der Waals surface area contributed by atoms with Crippen molar-refractivity contribution in [3.8, 4) is 6.07 Å². The van der Waals surface area contributed by atoms with Crippen LogP contribution in [0.5, 0.6) is 0 Å². The first-order valence-electron chi connectivity index (χ1n) is 5.05. The van der Waals surface area contributed by atoms with Gasteiger partial charge in [0.15, 0.2) is 6.10 Å². The summed E-state index contributed by atoms with van der Waals surface area (Å²) in [4.78, 5) is 10.7. The summed E-state index contributed by atoms with van der Waals surface area (Å²) < 4.78 is 0. The SMILES string of the molecule is N#CCCc1ccc(C(O)C(=O)O)cc1CBr. The highest BCUT2D eigenvalue weighted by Crippen LogP contribution is 2.21. The monoisotopic (exact) mass is 297 g/mol. The number of hydrogen-bond donors (Lipinski definition) is 2. The predicted molar refractivity (Wildman–Crippen MR) is 65.6 cm³/mol. The molecule has 0 saturated carbocycles. The van der Waals surface area contributed by atoms with E-state index in [1.54, 1.807) is 18.2 Å². The normalized spacial score (nSPS) is 11.8. The summed E-state index contributed by atoms with van der Waals surface area (Å²) >= 11 is 3.31. The molecule has 0 heterocycles. The van der Waals surface area contributed by atoms with E-state index in [1.807, 2.05) is 0 Å². The number of carboxylic acid groups (broad SMARTS) is 1. The predicted octanol–water partition coefficient (Wildman–Crippen LogP) is 2.16. The van der Waals surface area contributed by atoms with Gasteiger partial charge in [-0.1, -0.05) is 34.1 Å². The zero-order valence-corrected chi connectivity index (χ0v) is 10.6. The highest BCUT2D eigenvalue weighted by molar-refractivity contribution is 9.08. The van der Waals surface area contributed by atoms with Crippen LogP contribution < -0.4 is 0 Å². The van der Waals surface area contributed by atoms with Gasteiger partial charge in [0.25, 0.3) is 0 Å². The summed E-state index contributed by atoms with van der Waals surface area (Å²) in [6.45, 7) is 0. The minimum atomic E-state index is -1.50. The van der Waals surface area contributed by atoms with E-state index in [-0.39, 0.29) is 0 Å². The lowest BCUT2D eigenvalue weighted by Crippen LogP contribution is -2.11. The highest BCUT2D eigenvalue weighted by atomic mass is 79.9. The van der Waals surface area contributed by atoms with E-state index in [0.29, 0.717) is 23.7 Å². The third-order valence-corrected chi connectivity index (χ3v) is 3.03. The van der Waals surface area contributed by atoms with Crippen molar-refractivity contribution in [3.63, 3.8) is 0 Å². The summed E-state index contributed by atoms with van der Waals surface area (Å²) in [5.74, 6) is -1.27. The van der Waals surface area contributed by atoms with Crippen LogP contribution in [0, 0.1) is 11.3 Å². The second-order valence-corrected chi connectivity index (χ2v) is 4.12. The van der Waals surface area contributed by atoms with Gasteiger partial charge in [-0.25, -0.2) is 4.79 Å². The number of aryl methyl sites for hydroxylation is 1. The summed E-state index contributed by atoms with van der Waals surface area (Å²) in [6, 6.07) is 7.06. The van der Waals surface area contributed by atoms with Gasteiger partial charge in [0.1, 0.15) is 0 Å². The summed E-state index contributed by atoms with van der Waals surface area (Å²) in [5.41, 5.74) is 2.25. The molecule has 4 nitrogen and oxygen atoms in total. The Morgan fingerprint density at radius 2 is 2.18 bits per heavy atom. The average molecular weight is 298 g/mol. The number of rotatable bonds is 5. The van der Waals surface area contributed by atoms with E-state index >= 15 is 0 Å². The number of carboxylic acids is 1. The highest BCUT2D eigenvalue weighted by Gasteiger charge is 2.16. The first kappa shape index (κ1) is 13.7. The van der Waals surface area contributed by atoms with E-state index in [0.717, 1.165) is 11.1 Å². The van der Waals surface area contributed by atoms with Crippen LogP contribution in [0.15, 0.2) is 18.2 Å². The fourth-order valence-electron chi connectivity index (χ4n) is 1.52. The number of alkyl halides is 1. The Balaban J connectivity index is 3.00. The number of nitriles is 1. The molecule has 0 bridgehead atoms. The van der Waals surface area contributed by atoms with Crippen LogP contribution in [0.1, 0.15) is 29.2 Å². The zero-order valence-electron chi connectivity index (χ0n) is 9.06. The van der Waals surface area contributed by atoms with Gasteiger partial charge in [-0.15, -0.1) is 0 Å². The molecule has 0 aliphatic carbocycles. The minimum absolute atomic E-state index is 0.354. The largest absolute Gasteiger partial charge is 0.479 e. The fraction of sp³-hybridized carbons (Fsp3) is 0.333. The van der Waals surface area contributed by atoms with E-state index < -0.39 is 12.1 Å². The van der Waals surface area contributed by atoms with Gasteiger partial charge in [0.05, 0.1) is 6.07 Å². The van der Waals surface area contributed by atoms with Gasteiger partial charge in [0.2, 0.25) is 0 Å². The molecular weight excluding hydrogens is 286 g/mol. The van der Waals surface area contributed by atoms with E-state index in [4.69, 9.17) is 10.4 Å². The summed E-state index contributed by atoms with van der Waals surface area (Å²) in [7, 11) is 0. The molecule has 1 unspecified atom stereocenters. The second kappa shape index (κ2) is 6.38. The van der Waals surface area contributed by atoms with E-state index in [1.165, 1.54) is 0 Å². The van der Waals surface area contributed by atoms with Crippen LogP contribution in [-0.2, 0) is 16.5 Å². The fourth-order valence-corrected chi connectivity index (χ4v) is 2.04. The van der Waals surface area contributed by atoms with Crippen molar-refractivity contribution in [2.75, 3.05) is 0 Å². The molecule has 0 aliphatic heterocycles. The van der Waals surface area contributed by atoms with E-state index in [9.17, 15) is 9.90 Å². The Morgan fingerprint density at radius 3 is 2.71 bits per heavy atom. The van der Waals surface area contributed by atoms with Crippen molar-refractivity contribution in [2.45, 2.75) is 24.3 Å². The quantitative estimate of drug-likeness (QED) is 0.816. The number of aliphatic hydroxyl groups excluding tert-OH is 1. The zero-order chi connectivity index (χ0) is 12.8. The van der Waals surface area contributed by atoms with Crippen LogP contribution in [0.2, 0.25) is 0 Å². The molecule has 0 aliphatic rings. The molecule has 1 aromatic carbocycles. The van der Waals surface area contributed by atoms with Crippen LogP contribution in [0.25, 0.3) is 0 Å². The van der Waals surface area contributed by atoms with Crippen LogP contribution in [0.4, 0.5) is 0 Å². The topological polar surface area (TPSA) is 81.3 Å². The molecule has 90 valence electrons. The lowest BCUT2D eigenvalue weighted by Gasteiger charge is -2.11. The van der Waals surface area contributed by atoms with Crippen molar-refractivity contribution in [1.29, 1.82) is 5.26 Å². The van der Waals surface area contributed by atoms with Crippen molar-refractivity contribution in [2.24, 2.45) is 0 Å². The number of nitrogens with zero attached hydrogens (tertiary/aromatic N) is 1. The van der Waals surface area contributed by atoms with Gasteiger partial charge < -0.3 is 10.2 Å². The number of carbonyl (C=O) groups is 1.